The summed E-state index contributed by atoms with van der Waals surface area (Å²) in [5, 5.41) is 3.19. The average Bonchev–Trinajstić information content (AvgIpc) is 2.42. The fraction of sp³-hybridized carbons (Fsp3) is 0.625. The lowest BCUT2D eigenvalue weighted by atomic mass is 9.85. The van der Waals surface area contributed by atoms with E-state index in [9.17, 15) is 0 Å². The van der Waals surface area contributed by atoms with E-state index in [4.69, 9.17) is 0 Å². The summed E-state index contributed by atoms with van der Waals surface area (Å²) < 4.78 is 0. The molecule has 1 saturated heterocycles. The molecule has 106 valence electrons. The smallest absolute Gasteiger partial charge is 0.0371 e. The van der Waals surface area contributed by atoms with E-state index in [1.165, 1.54) is 37.2 Å². The SMILES string of the molecule is CNc1ccc(C(C2CCN(C)CC2)N(C)C)cc1. The molecule has 0 saturated carbocycles. The zero-order valence-corrected chi connectivity index (χ0v) is 12.7. The summed E-state index contributed by atoms with van der Waals surface area (Å²) in [6, 6.07) is 9.45. The van der Waals surface area contributed by atoms with Gasteiger partial charge in [0, 0.05) is 18.8 Å². The van der Waals surface area contributed by atoms with Crippen molar-refractivity contribution in [3.63, 3.8) is 0 Å². The summed E-state index contributed by atoms with van der Waals surface area (Å²) in [5.74, 6) is 0.770. The number of hydrogen-bond donors (Lipinski definition) is 1. The Kier molecular flexibility index (Phi) is 4.83. The van der Waals surface area contributed by atoms with Gasteiger partial charge in [0.25, 0.3) is 0 Å². The van der Waals surface area contributed by atoms with Crippen LogP contribution >= 0.6 is 0 Å². The maximum Gasteiger partial charge on any atom is 0.0371 e. The number of nitrogens with zero attached hydrogens (tertiary/aromatic N) is 2. The lowest BCUT2D eigenvalue weighted by Crippen LogP contribution is -2.37. The highest BCUT2D eigenvalue weighted by atomic mass is 15.1. The number of likely N-dealkylation sites (tertiary alicyclic amines) is 1. The predicted octanol–water partition coefficient (Wildman–Crippen LogP) is 2.67. The minimum absolute atomic E-state index is 0.541. The van der Waals surface area contributed by atoms with E-state index in [0.29, 0.717) is 6.04 Å². The van der Waals surface area contributed by atoms with Crippen LogP contribution in [0.15, 0.2) is 24.3 Å². The van der Waals surface area contributed by atoms with Crippen molar-refractivity contribution in [1.29, 1.82) is 0 Å². The van der Waals surface area contributed by atoms with Crippen LogP contribution in [-0.4, -0.2) is 51.1 Å². The first-order valence-corrected chi connectivity index (χ1v) is 7.24. The van der Waals surface area contributed by atoms with Crippen LogP contribution < -0.4 is 5.32 Å². The minimum atomic E-state index is 0.541. The number of rotatable bonds is 4. The molecule has 0 aliphatic carbocycles. The molecular formula is C16H27N3. The lowest BCUT2D eigenvalue weighted by molar-refractivity contribution is 0.131. The maximum atomic E-state index is 3.19. The van der Waals surface area contributed by atoms with Crippen molar-refractivity contribution in [1.82, 2.24) is 9.80 Å². The van der Waals surface area contributed by atoms with Gasteiger partial charge in [-0.1, -0.05) is 12.1 Å². The van der Waals surface area contributed by atoms with Crippen LogP contribution in [0.3, 0.4) is 0 Å². The van der Waals surface area contributed by atoms with Gasteiger partial charge in [0.05, 0.1) is 0 Å². The van der Waals surface area contributed by atoms with Crippen molar-refractivity contribution in [2.45, 2.75) is 18.9 Å². The van der Waals surface area contributed by atoms with Crippen molar-refractivity contribution < 1.29 is 0 Å². The Bertz CT molecular complexity index is 377. The van der Waals surface area contributed by atoms with Crippen LogP contribution in [0.5, 0.6) is 0 Å². The molecule has 1 unspecified atom stereocenters. The summed E-state index contributed by atoms with van der Waals surface area (Å²) in [6.45, 7) is 2.45. The Morgan fingerprint density at radius 2 is 1.74 bits per heavy atom. The summed E-state index contributed by atoms with van der Waals surface area (Å²) in [4.78, 5) is 4.82. The van der Waals surface area contributed by atoms with Gasteiger partial charge < -0.3 is 15.1 Å². The molecule has 3 heteroatoms. The van der Waals surface area contributed by atoms with Crippen molar-refractivity contribution in [3.05, 3.63) is 29.8 Å². The fourth-order valence-electron chi connectivity index (χ4n) is 3.18. The molecule has 0 radical (unpaired) electrons. The maximum absolute atomic E-state index is 3.19. The third-order valence-corrected chi connectivity index (χ3v) is 4.31. The van der Waals surface area contributed by atoms with Gasteiger partial charge in [-0.15, -0.1) is 0 Å². The summed E-state index contributed by atoms with van der Waals surface area (Å²) in [6.07, 6.45) is 2.60. The van der Waals surface area contributed by atoms with E-state index in [-0.39, 0.29) is 0 Å². The molecule has 1 aliphatic heterocycles. The molecule has 0 spiro atoms. The van der Waals surface area contributed by atoms with Gasteiger partial charge >= 0.3 is 0 Å². The number of anilines is 1. The predicted molar refractivity (Wildman–Crippen MR) is 82.6 cm³/mol. The molecule has 1 aliphatic rings. The van der Waals surface area contributed by atoms with Crippen molar-refractivity contribution >= 4 is 5.69 Å². The van der Waals surface area contributed by atoms with Crippen LogP contribution in [0, 0.1) is 5.92 Å². The van der Waals surface area contributed by atoms with E-state index >= 15 is 0 Å². The van der Waals surface area contributed by atoms with Crippen LogP contribution in [0.1, 0.15) is 24.4 Å². The van der Waals surface area contributed by atoms with Crippen molar-refractivity contribution in [2.75, 3.05) is 46.6 Å². The quantitative estimate of drug-likeness (QED) is 0.899. The Hall–Kier alpha value is -1.06. The third kappa shape index (κ3) is 3.48. The number of hydrogen-bond acceptors (Lipinski definition) is 3. The van der Waals surface area contributed by atoms with Gasteiger partial charge in [0.15, 0.2) is 0 Å². The van der Waals surface area contributed by atoms with Gasteiger partial charge in [0.2, 0.25) is 0 Å². The van der Waals surface area contributed by atoms with Crippen molar-refractivity contribution in [2.24, 2.45) is 5.92 Å². The van der Waals surface area contributed by atoms with E-state index < -0.39 is 0 Å². The van der Waals surface area contributed by atoms with Gasteiger partial charge in [-0.05, 0) is 70.7 Å². The van der Waals surface area contributed by atoms with Gasteiger partial charge in [-0.2, -0.15) is 0 Å². The second-order valence-corrected chi connectivity index (χ2v) is 5.92. The van der Waals surface area contributed by atoms with Crippen LogP contribution in [0.25, 0.3) is 0 Å². The number of piperidine rings is 1. The molecule has 1 aromatic carbocycles. The van der Waals surface area contributed by atoms with Crippen LogP contribution in [0.4, 0.5) is 5.69 Å². The topological polar surface area (TPSA) is 18.5 Å². The van der Waals surface area contributed by atoms with Crippen LogP contribution in [-0.2, 0) is 0 Å². The number of nitrogens with one attached hydrogen (secondary N) is 1. The molecule has 1 heterocycles. The van der Waals surface area contributed by atoms with Crippen molar-refractivity contribution in [3.8, 4) is 0 Å². The fourth-order valence-corrected chi connectivity index (χ4v) is 3.18. The standard InChI is InChI=1S/C16H27N3/c1-17-15-7-5-13(6-8-15)16(18(2)3)14-9-11-19(4)12-10-14/h5-8,14,16-17H,9-12H2,1-4H3. The third-order valence-electron chi connectivity index (χ3n) is 4.31. The molecule has 0 amide bonds. The minimum Gasteiger partial charge on any atom is -0.388 e. The molecular weight excluding hydrogens is 234 g/mol. The molecule has 3 nitrogen and oxygen atoms in total. The molecule has 1 aromatic rings. The van der Waals surface area contributed by atoms with Crippen LogP contribution in [0.2, 0.25) is 0 Å². The molecule has 1 N–H and O–H groups in total. The van der Waals surface area contributed by atoms with Gasteiger partial charge in [-0.3, -0.25) is 0 Å². The highest BCUT2D eigenvalue weighted by Crippen LogP contribution is 2.34. The summed E-state index contributed by atoms with van der Waals surface area (Å²) >= 11 is 0. The second-order valence-electron chi connectivity index (χ2n) is 5.92. The molecule has 1 fully saturated rings. The zero-order valence-electron chi connectivity index (χ0n) is 12.7. The van der Waals surface area contributed by atoms with E-state index in [0.717, 1.165) is 5.92 Å². The summed E-state index contributed by atoms with van der Waals surface area (Å²) in [7, 11) is 8.60. The largest absolute Gasteiger partial charge is 0.388 e. The van der Waals surface area contributed by atoms with Gasteiger partial charge in [0.1, 0.15) is 0 Å². The zero-order chi connectivity index (χ0) is 13.8. The Morgan fingerprint density at radius 1 is 1.16 bits per heavy atom. The number of benzene rings is 1. The Balaban J connectivity index is 2.14. The van der Waals surface area contributed by atoms with E-state index in [1.807, 2.05) is 7.05 Å². The monoisotopic (exact) mass is 261 g/mol. The van der Waals surface area contributed by atoms with E-state index in [2.05, 4.69) is 60.5 Å². The lowest BCUT2D eigenvalue weighted by Gasteiger charge is -2.38. The molecule has 0 aromatic heterocycles. The summed E-state index contributed by atoms with van der Waals surface area (Å²) in [5.41, 5.74) is 2.63. The Morgan fingerprint density at radius 3 is 2.21 bits per heavy atom. The first-order chi connectivity index (χ1) is 9.11. The highest BCUT2D eigenvalue weighted by Gasteiger charge is 2.27. The average molecular weight is 261 g/mol. The molecule has 19 heavy (non-hydrogen) atoms. The van der Waals surface area contributed by atoms with Gasteiger partial charge in [-0.25, -0.2) is 0 Å². The first-order valence-electron chi connectivity index (χ1n) is 7.24. The first kappa shape index (κ1) is 14.4. The second kappa shape index (κ2) is 6.40. The molecule has 2 rings (SSSR count). The van der Waals surface area contributed by atoms with E-state index in [1.54, 1.807) is 0 Å². The normalized spacial score (nSPS) is 19.6. The molecule has 0 bridgehead atoms. The highest BCUT2D eigenvalue weighted by molar-refractivity contribution is 5.44. The molecule has 1 atom stereocenters. The Labute approximate surface area is 117 Å².